The summed E-state index contributed by atoms with van der Waals surface area (Å²) < 4.78 is 6.92. The molecule has 0 aliphatic carbocycles. The van der Waals surface area contributed by atoms with E-state index in [-0.39, 0.29) is 41.3 Å². The minimum Gasteiger partial charge on any atom is -0.481 e. The molecule has 3 amide bonds. The second kappa shape index (κ2) is 11.9. The van der Waals surface area contributed by atoms with Crippen LogP contribution in [0.15, 0.2) is 23.5 Å². The molecule has 13 nitrogen and oxygen atoms in total. The van der Waals surface area contributed by atoms with Crippen LogP contribution >= 0.6 is 11.8 Å². The smallest absolute Gasteiger partial charge is 0.416 e. The van der Waals surface area contributed by atoms with Crippen molar-refractivity contribution in [2.24, 2.45) is 5.41 Å². The summed E-state index contributed by atoms with van der Waals surface area (Å²) in [6.45, 7) is 5.34. The molecule has 0 bridgehead atoms. The van der Waals surface area contributed by atoms with Crippen LogP contribution in [0.3, 0.4) is 0 Å². The van der Waals surface area contributed by atoms with Gasteiger partial charge in [0, 0.05) is 50.0 Å². The molecule has 4 rings (SSSR count). The van der Waals surface area contributed by atoms with Crippen molar-refractivity contribution in [3.05, 3.63) is 23.9 Å². The van der Waals surface area contributed by atoms with Gasteiger partial charge in [-0.2, -0.15) is 0 Å². The maximum absolute atomic E-state index is 12.6. The van der Waals surface area contributed by atoms with Crippen LogP contribution in [0.25, 0.3) is 0 Å². The molecule has 0 atom stereocenters. The van der Waals surface area contributed by atoms with E-state index in [4.69, 9.17) is 9.84 Å². The number of nitrogens with zero attached hydrogens (tertiary/aromatic N) is 7. The van der Waals surface area contributed by atoms with E-state index in [2.05, 4.69) is 20.5 Å². The van der Waals surface area contributed by atoms with Gasteiger partial charge in [-0.15, -0.1) is 5.10 Å². The third kappa shape index (κ3) is 7.27. The molecule has 204 valence electrons. The van der Waals surface area contributed by atoms with Crippen molar-refractivity contribution >= 4 is 35.6 Å². The summed E-state index contributed by atoms with van der Waals surface area (Å²) in [5, 5.41) is 21.1. The number of carboxylic acid groups (broad SMARTS) is 1. The van der Waals surface area contributed by atoms with Gasteiger partial charge in [-0.3, -0.25) is 19.3 Å². The van der Waals surface area contributed by atoms with E-state index in [0.29, 0.717) is 56.9 Å². The molecule has 2 aliphatic rings. The van der Waals surface area contributed by atoms with E-state index in [0.717, 1.165) is 5.56 Å². The number of carbonyl (C=O) groups is 4. The van der Waals surface area contributed by atoms with Crippen LogP contribution in [0.5, 0.6) is 5.88 Å². The first-order valence-electron chi connectivity index (χ1n) is 12.5. The highest BCUT2D eigenvalue weighted by Crippen LogP contribution is 2.32. The predicted molar refractivity (Wildman–Crippen MR) is 134 cm³/mol. The highest BCUT2D eigenvalue weighted by atomic mass is 32.2. The van der Waals surface area contributed by atoms with E-state index < -0.39 is 12.1 Å². The number of aromatic nitrogens is 5. The fourth-order valence-electron chi connectivity index (χ4n) is 4.40. The number of rotatable bonds is 9. The van der Waals surface area contributed by atoms with Crippen LogP contribution in [0.4, 0.5) is 4.79 Å². The van der Waals surface area contributed by atoms with E-state index in [1.54, 1.807) is 23.2 Å². The summed E-state index contributed by atoms with van der Waals surface area (Å²) in [7, 11) is 0. The number of aryl methyl sites for hydroxylation is 1. The maximum atomic E-state index is 12.6. The van der Waals surface area contributed by atoms with Gasteiger partial charge in [-0.05, 0) is 40.7 Å². The van der Waals surface area contributed by atoms with E-state index in [1.807, 2.05) is 13.8 Å². The zero-order valence-corrected chi connectivity index (χ0v) is 22.2. The number of pyridine rings is 1. The highest BCUT2D eigenvalue weighted by molar-refractivity contribution is 7.99. The number of tetrazole rings is 1. The molecule has 4 heterocycles. The molecule has 2 fully saturated rings. The average Bonchev–Trinajstić information content (AvgIpc) is 3.29. The molecule has 2 aromatic heterocycles. The number of amides is 3. The van der Waals surface area contributed by atoms with Crippen LogP contribution < -0.4 is 4.74 Å². The molecule has 2 aliphatic heterocycles. The number of imide groups is 1. The second-order valence-electron chi connectivity index (χ2n) is 10.2. The lowest BCUT2D eigenvalue weighted by atomic mass is 9.81. The lowest BCUT2D eigenvalue weighted by molar-refractivity contribution is -0.152. The van der Waals surface area contributed by atoms with Crippen molar-refractivity contribution in [2.75, 3.05) is 19.6 Å². The Kier molecular flexibility index (Phi) is 8.59. The van der Waals surface area contributed by atoms with Crippen LogP contribution in [0.1, 0.15) is 51.5 Å². The molecule has 0 saturated carbocycles. The number of likely N-dealkylation sites (tertiary alicyclic amines) is 2. The summed E-state index contributed by atoms with van der Waals surface area (Å²) in [6, 6.07) is 3.38. The molecular weight excluding hydrogens is 514 g/mol. The average molecular weight is 546 g/mol. The van der Waals surface area contributed by atoms with Gasteiger partial charge in [0.25, 0.3) is 0 Å². The molecule has 0 spiro atoms. The standard InChI is InChI=1S/C24H31N7O6S/c1-24(2)13-19(32)30(20(33)14-24)11-5-16-3-4-18(25-15-16)37-23(36)29-9-6-17(7-10-29)38-22-26-27-28-31(22)12-8-21(34)35/h3-4,15,17H,5-14H2,1-2H3,(H,34,35). The zero-order chi connectivity index (χ0) is 27.3. The van der Waals surface area contributed by atoms with Gasteiger partial charge >= 0.3 is 12.1 Å². The van der Waals surface area contributed by atoms with E-state index in [1.165, 1.54) is 21.3 Å². The summed E-state index contributed by atoms with van der Waals surface area (Å²) in [6.07, 6.45) is 3.65. The second-order valence-corrected chi connectivity index (χ2v) is 11.5. The van der Waals surface area contributed by atoms with Crippen molar-refractivity contribution in [3.8, 4) is 5.88 Å². The SMILES string of the molecule is CC1(C)CC(=O)N(CCc2ccc(OC(=O)N3CCC(Sc4nnnn4CCC(=O)O)CC3)nc2)C(=O)C1. The van der Waals surface area contributed by atoms with Crippen LogP contribution in [-0.4, -0.2) is 88.9 Å². The lowest BCUT2D eigenvalue weighted by Gasteiger charge is -2.34. The largest absolute Gasteiger partial charge is 0.481 e. The Morgan fingerprint density at radius 3 is 2.47 bits per heavy atom. The number of piperidine rings is 2. The Morgan fingerprint density at radius 2 is 1.84 bits per heavy atom. The number of ether oxygens (including phenoxy) is 1. The molecule has 38 heavy (non-hydrogen) atoms. The van der Waals surface area contributed by atoms with E-state index >= 15 is 0 Å². The zero-order valence-electron chi connectivity index (χ0n) is 21.4. The number of aliphatic carboxylic acids is 1. The molecule has 14 heteroatoms. The maximum Gasteiger partial charge on any atom is 0.416 e. The summed E-state index contributed by atoms with van der Waals surface area (Å²) in [5.74, 6) is -1.03. The first-order valence-corrected chi connectivity index (χ1v) is 13.4. The Bertz CT molecular complexity index is 1160. The minimum atomic E-state index is -0.915. The molecule has 0 radical (unpaired) electrons. The van der Waals surface area contributed by atoms with Crippen molar-refractivity contribution in [1.29, 1.82) is 0 Å². The quantitative estimate of drug-likeness (QED) is 0.459. The van der Waals surface area contributed by atoms with Crippen molar-refractivity contribution < 1.29 is 29.0 Å². The fraction of sp³-hybridized carbons (Fsp3) is 0.583. The summed E-state index contributed by atoms with van der Waals surface area (Å²) in [5.41, 5.74) is 0.534. The fourth-order valence-corrected chi connectivity index (χ4v) is 5.48. The van der Waals surface area contributed by atoms with Crippen LogP contribution in [-0.2, 0) is 27.3 Å². The van der Waals surface area contributed by atoms with Crippen molar-refractivity contribution in [1.82, 2.24) is 35.0 Å². The third-order valence-electron chi connectivity index (χ3n) is 6.48. The number of hydrogen-bond acceptors (Lipinski definition) is 10. The Morgan fingerprint density at radius 1 is 1.13 bits per heavy atom. The Labute approximate surface area is 223 Å². The molecule has 0 aromatic carbocycles. The Hall–Kier alpha value is -3.55. The molecule has 0 unspecified atom stereocenters. The number of thioether (sulfide) groups is 1. The van der Waals surface area contributed by atoms with Crippen LogP contribution in [0.2, 0.25) is 0 Å². The van der Waals surface area contributed by atoms with Gasteiger partial charge < -0.3 is 14.7 Å². The van der Waals surface area contributed by atoms with Crippen molar-refractivity contribution in [2.45, 2.75) is 69.3 Å². The first kappa shape index (κ1) is 27.5. The summed E-state index contributed by atoms with van der Waals surface area (Å²) in [4.78, 5) is 55.2. The topological polar surface area (TPSA) is 161 Å². The van der Waals surface area contributed by atoms with Gasteiger partial charge in [0.05, 0.1) is 13.0 Å². The molecule has 2 saturated heterocycles. The van der Waals surface area contributed by atoms with Crippen molar-refractivity contribution in [3.63, 3.8) is 0 Å². The molecule has 1 N–H and O–H groups in total. The van der Waals surface area contributed by atoms with E-state index in [9.17, 15) is 19.2 Å². The normalized spacial score (nSPS) is 18.1. The van der Waals surface area contributed by atoms with Crippen LogP contribution in [0, 0.1) is 5.41 Å². The highest BCUT2D eigenvalue weighted by Gasteiger charge is 2.37. The third-order valence-corrected chi connectivity index (χ3v) is 7.79. The monoisotopic (exact) mass is 545 g/mol. The predicted octanol–water partition coefficient (Wildman–Crippen LogP) is 2.02. The number of hydrogen-bond donors (Lipinski definition) is 1. The lowest BCUT2D eigenvalue weighted by Crippen LogP contribution is -2.46. The number of carbonyl (C=O) groups excluding carboxylic acids is 3. The summed E-state index contributed by atoms with van der Waals surface area (Å²) >= 11 is 1.48. The molecule has 2 aromatic rings. The first-order chi connectivity index (χ1) is 18.1. The number of carboxylic acids is 1. The minimum absolute atomic E-state index is 0.0613. The van der Waals surface area contributed by atoms with Gasteiger partial charge in [0.2, 0.25) is 22.9 Å². The van der Waals surface area contributed by atoms with Gasteiger partial charge in [-0.25, -0.2) is 14.5 Å². The van der Waals surface area contributed by atoms with Gasteiger partial charge in [-0.1, -0.05) is 31.7 Å². The Balaban J connectivity index is 1.21. The molecular formula is C24H31N7O6S. The van der Waals surface area contributed by atoms with Gasteiger partial charge in [0.1, 0.15) is 0 Å². The van der Waals surface area contributed by atoms with Gasteiger partial charge in [0.15, 0.2) is 0 Å².